The van der Waals surface area contributed by atoms with Crippen LogP contribution >= 0.6 is 0 Å². The van der Waals surface area contributed by atoms with Crippen molar-refractivity contribution in [2.45, 2.75) is 19.5 Å². The Bertz CT molecular complexity index is 491. The first-order chi connectivity index (χ1) is 8.43. The van der Waals surface area contributed by atoms with E-state index in [0.717, 1.165) is 38.0 Å². The van der Waals surface area contributed by atoms with Gasteiger partial charge in [0.25, 0.3) is 0 Å². The van der Waals surface area contributed by atoms with Gasteiger partial charge in [0, 0.05) is 19.6 Å². The Morgan fingerprint density at radius 2 is 2.12 bits per heavy atom. The Balaban J connectivity index is 1.71. The van der Waals surface area contributed by atoms with Gasteiger partial charge in [-0.25, -0.2) is 0 Å². The van der Waals surface area contributed by atoms with Crippen LogP contribution in [0.2, 0.25) is 0 Å². The summed E-state index contributed by atoms with van der Waals surface area (Å²) in [6, 6.07) is 10.3. The van der Waals surface area contributed by atoms with Crippen LogP contribution in [0.3, 0.4) is 0 Å². The van der Waals surface area contributed by atoms with Crippen LogP contribution in [0.15, 0.2) is 30.3 Å². The average Bonchev–Trinajstić information content (AvgIpc) is 2.81. The van der Waals surface area contributed by atoms with Gasteiger partial charge >= 0.3 is 0 Å². The highest BCUT2D eigenvalue weighted by atomic mass is 15.4. The number of hydrogen-bond acceptors (Lipinski definition) is 4. The first-order valence-electron chi connectivity index (χ1n) is 5.88. The molecule has 0 atom stereocenters. The van der Waals surface area contributed by atoms with Gasteiger partial charge in [-0.05, 0) is 12.0 Å². The van der Waals surface area contributed by atoms with E-state index in [4.69, 9.17) is 0 Å². The van der Waals surface area contributed by atoms with E-state index >= 15 is 0 Å². The molecule has 2 N–H and O–H groups in total. The molecule has 0 fully saturated rings. The summed E-state index contributed by atoms with van der Waals surface area (Å²) in [7, 11) is 0. The van der Waals surface area contributed by atoms with Gasteiger partial charge in [-0.15, -0.1) is 10.2 Å². The van der Waals surface area contributed by atoms with Gasteiger partial charge in [0.2, 0.25) is 11.9 Å². The van der Waals surface area contributed by atoms with Crippen molar-refractivity contribution in [1.82, 2.24) is 14.8 Å². The van der Waals surface area contributed by atoms with E-state index in [1.165, 1.54) is 5.56 Å². The van der Waals surface area contributed by atoms with Crippen LogP contribution < -0.4 is 10.6 Å². The standard InChI is InChI=1S/C12H15N5/c1-2-5-10(6-3-1)9-14-12-16-15-11-13-7-4-8-17(11)12/h1-3,5-6H,4,7-9H2,(H,13,15)(H,14,16). The molecule has 88 valence electrons. The minimum atomic E-state index is 0.777. The van der Waals surface area contributed by atoms with Crippen LogP contribution in [-0.2, 0) is 13.1 Å². The molecule has 1 aromatic heterocycles. The van der Waals surface area contributed by atoms with Crippen LogP contribution in [0.1, 0.15) is 12.0 Å². The second kappa shape index (κ2) is 4.45. The molecule has 1 aliphatic rings. The second-order valence-electron chi connectivity index (χ2n) is 4.12. The molecule has 0 saturated carbocycles. The molecular formula is C12H15N5. The molecule has 0 spiro atoms. The summed E-state index contributed by atoms with van der Waals surface area (Å²) < 4.78 is 2.09. The van der Waals surface area contributed by atoms with Crippen LogP contribution in [0.25, 0.3) is 0 Å². The third-order valence-electron chi connectivity index (χ3n) is 2.89. The van der Waals surface area contributed by atoms with E-state index in [-0.39, 0.29) is 0 Å². The maximum atomic E-state index is 4.15. The lowest BCUT2D eigenvalue weighted by atomic mass is 10.2. The first kappa shape index (κ1) is 10.1. The van der Waals surface area contributed by atoms with Crippen molar-refractivity contribution in [2.75, 3.05) is 17.2 Å². The highest BCUT2D eigenvalue weighted by molar-refractivity contribution is 5.39. The molecule has 0 unspecified atom stereocenters. The second-order valence-corrected chi connectivity index (χ2v) is 4.12. The zero-order valence-electron chi connectivity index (χ0n) is 9.56. The Labute approximate surface area is 99.9 Å². The maximum absolute atomic E-state index is 4.15. The zero-order chi connectivity index (χ0) is 11.5. The molecule has 1 aliphatic heterocycles. The van der Waals surface area contributed by atoms with E-state index in [1.54, 1.807) is 0 Å². The Morgan fingerprint density at radius 1 is 1.24 bits per heavy atom. The number of fused-ring (bicyclic) bond motifs is 1. The molecule has 1 aromatic carbocycles. The number of aromatic nitrogens is 3. The minimum absolute atomic E-state index is 0.777. The van der Waals surface area contributed by atoms with E-state index < -0.39 is 0 Å². The van der Waals surface area contributed by atoms with E-state index in [9.17, 15) is 0 Å². The van der Waals surface area contributed by atoms with E-state index in [0.29, 0.717) is 0 Å². The van der Waals surface area contributed by atoms with Crippen molar-refractivity contribution in [3.63, 3.8) is 0 Å². The lowest BCUT2D eigenvalue weighted by Crippen LogP contribution is -2.18. The van der Waals surface area contributed by atoms with Crippen molar-refractivity contribution in [3.05, 3.63) is 35.9 Å². The number of nitrogens with one attached hydrogen (secondary N) is 2. The highest BCUT2D eigenvalue weighted by Crippen LogP contribution is 2.17. The molecule has 2 aromatic rings. The molecule has 3 rings (SSSR count). The summed E-state index contributed by atoms with van der Waals surface area (Å²) in [5.41, 5.74) is 1.24. The number of hydrogen-bond donors (Lipinski definition) is 2. The van der Waals surface area contributed by atoms with E-state index in [1.807, 2.05) is 18.2 Å². The Morgan fingerprint density at radius 3 is 3.00 bits per heavy atom. The quantitative estimate of drug-likeness (QED) is 0.841. The number of benzene rings is 1. The maximum Gasteiger partial charge on any atom is 0.226 e. The lowest BCUT2D eigenvalue weighted by molar-refractivity contribution is 0.630. The van der Waals surface area contributed by atoms with Crippen LogP contribution in [0.4, 0.5) is 11.9 Å². The van der Waals surface area contributed by atoms with Gasteiger partial charge < -0.3 is 10.6 Å². The summed E-state index contributed by atoms with van der Waals surface area (Å²) in [4.78, 5) is 0. The monoisotopic (exact) mass is 229 g/mol. The molecule has 0 saturated heterocycles. The summed E-state index contributed by atoms with van der Waals surface area (Å²) in [6.07, 6.45) is 1.12. The fraction of sp³-hybridized carbons (Fsp3) is 0.333. The lowest BCUT2D eigenvalue weighted by Gasteiger charge is -2.16. The molecule has 0 radical (unpaired) electrons. The molecule has 0 aliphatic carbocycles. The normalized spacial score (nSPS) is 13.9. The van der Waals surface area contributed by atoms with Crippen molar-refractivity contribution in [2.24, 2.45) is 0 Å². The molecule has 0 bridgehead atoms. The van der Waals surface area contributed by atoms with Crippen molar-refractivity contribution < 1.29 is 0 Å². The third-order valence-corrected chi connectivity index (χ3v) is 2.89. The summed E-state index contributed by atoms with van der Waals surface area (Å²) in [5.74, 6) is 1.71. The predicted octanol–water partition coefficient (Wildman–Crippen LogP) is 1.71. The molecule has 0 amide bonds. The Hall–Kier alpha value is -2.04. The van der Waals surface area contributed by atoms with Crippen LogP contribution in [0, 0.1) is 0 Å². The SMILES string of the molecule is c1ccc(CNc2nnc3n2CCCN3)cc1. The zero-order valence-corrected chi connectivity index (χ0v) is 9.56. The van der Waals surface area contributed by atoms with Gasteiger partial charge in [0.15, 0.2) is 0 Å². The molecule has 5 nitrogen and oxygen atoms in total. The van der Waals surface area contributed by atoms with Crippen LogP contribution in [-0.4, -0.2) is 21.3 Å². The fourth-order valence-corrected chi connectivity index (χ4v) is 1.99. The third kappa shape index (κ3) is 2.08. The van der Waals surface area contributed by atoms with E-state index in [2.05, 4.69) is 37.5 Å². The topological polar surface area (TPSA) is 54.8 Å². The Kier molecular flexibility index (Phi) is 2.65. The van der Waals surface area contributed by atoms with Gasteiger partial charge in [-0.1, -0.05) is 30.3 Å². The summed E-state index contributed by atoms with van der Waals surface area (Å²) >= 11 is 0. The highest BCUT2D eigenvalue weighted by Gasteiger charge is 2.14. The number of nitrogens with zero attached hydrogens (tertiary/aromatic N) is 3. The summed E-state index contributed by atoms with van der Waals surface area (Å²) in [5, 5.41) is 14.8. The smallest absolute Gasteiger partial charge is 0.226 e. The first-order valence-corrected chi connectivity index (χ1v) is 5.88. The van der Waals surface area contributed by atoms with Gasteiger partial charge in [-0.3, -0.25) is 4.57 Å². The molecule has 5 heteroatoms. The molecule has 17 heavy (non-hydrogen) atoms. The van der Waals surface area contributed by atoms with Crippen LogP contribution in [0.5, 0.6) is 0 Å². The largest absolute Gasteiger partial charge is 0.354 e. The number of anilines is 2. The fourth-order valence-electron chi connectivity index (χ4n) is 1.99. The van der Waals surface area contributed by atoms with Gasteiger partial charge in [0.05, 0.1) is 0 Å². The van der Waals surface area contributed by atoms with Gasteiger partial charge in [-0.2, -0.15) is 0 Å². The minimum Gasteiger partial charge on any atom is -0.354 e. The number of rotatable bonds is 3. The average molecular weight is 229 g/mol. The van der Waals surface area contributed by atoms with Crippen molar-refractivity contribution >= 4 is 11.9 Å². The van der Waals surface area contributed by atoms with Crippen molar-refractivity contribution in [1.29, 1.82) is 0 Å². The molecular weight excluding hydrogens is 214 g/mol. The predicted molar refractivity (Wildman–Crippen MR) is 66.9 cm³/mol. The molecule has 2 heterocycles. The summed E-state index contributed by atoms with van der Waals surface area (Å²) in [6.45, 7) is 2.74. The van der Waals surface area contributed by atoms with Gasteiger partial charge in [0.1, 0.15) is 0 Å². The van der Waals surface area contributed by atoms with Crippen molar-refractivity contribution in [3.8, 4) is 0 Å².